The van der Waals surface area contributed by atoms with Gasteiger partial charge in [0.05, 0.1) is 12.2 Å². The zero-order chi connectivity index (χ0) is 18.1. The van der Waals surface area contributed by atoms with Gasteiger partial charge in [0, 0.05) is 0 Å². The van der Waals surface area contributed by atoms with Crippen LogP contribution < -0.4 is 20.3 Å². The van der Waals surface area contributed by atoms with Gasteiger partial charge in [0.25, 0.3) is 11.8 Å². The summed E-state index contributed by atoms with van der Waals surface area (Å²) in [6, 6.07) is 15.9. The third kappa shape index (κ3) is 5.53. The lowest BCUT2D eigenvalue weighted by atomic mass is 10.2. The van der Waals surface area contributed by atoms with E-state index in [2.05, 4.69) is 10.9 Å². The highest BCUT2D eigenvalue weighted by Crippen LogP contribution is 2.17. The average molecular weight is 342 g/mol. The molecule has 25 heavy (non-hydrogen) atoms. The van der Waals surface area contributed by atoms with E-state index < -0.39 is 17.9 Å². The third-order valence-corrected chi connectivity index (χ3v) is 3.32. The van der Waals surface area contributed by atoms with Gasteiger partial charge in [-0.1, -0.05) is 37.3 Å². The Morgan fingerprint density at radius 3 is 2.40 bits per heavy atom. The summed E-state index contributed by atoms with van der Waals surface area (Å²) in [5.74, 6) is 0.149. The Balaban J connectivity index is 1.90. The lowest BCUT2D eigenvalue weighted by molar-refractivity contribution is -0.128. The fourth-order valence-corrected chi connectivity index (χ4v) is 2.04. The minimum absolute atomic E-state index is 0.355. The normalized spacial score (nSPS) is 11.3. The van der Waals surface area contributed by atoms with Gasteiger partial charge < -0.3 is 9.47 Å². The van der Waals surface area contributed by atoms with Crippen LogP contribution >= 0.6 is 0 Å². The van der Waals surface area contributed by atoms with Crippen LogP contribution in [0, 0.1) is 0 Å². The molecular weight excluding hydrogens is 320 g/mol. The molecule has 1 unspecified atom stereocenters. The Bertz CT molecular complexity index is 704. The number of ether oxygens (including phenoxy) is 2. The summed E-state index contributed by atoms with van der Waals surface area (Å²) >= 11 is 0. The molecule has 0 aliphatic rings. The summed E-state index contributed by atoms with van der Waals surface area (Å²) in [6.07, 6.45) is 0.0791. The number of para-hydroxylation sites is 2. The number of nitrogens with one attached hydrogen (secondary N) is 2. The monoisotopic (exact) mass is 342 g/mol. The molecular formula is C19H22N2O4. The van der Waals surface area contributed by atoms with E-state index in [-0.39, 0.29) is 0 Å². The van der Waals surface area contributed by atoms with Gasteiger partial charge in [-0.25, -0.2) is 0 Å². The number of hydrazine groups is 1. The molecule has 2 amide bonds. The lowest BCUT2D eigenvalue weighted by Gasteiger charge is -2.16. The van der Waals surface area contributed by atoms with Crippen LogP contribution in [0.25, 0.3) is 0 Å². The topological polar surface area (TPSA) is 76.7 Å². The smallest absolute Gasteiger partial charge is 0.279 e. The Labute approximate surface area is 147 Å². The average Bonchev–Trinajstić information content (AvgIpc) is 2.65. The van der Waals surface area contributed by atoms with E-state index in [1.54, 1.807) is 43.3 Å². The number of hydrogen-bond acceptors (Lipinski definition) is 4. The molecule has 2 aromatic carbocycles. The minimum Gasteiger partial charge on any atom is -0.493 e. The van der Waals surface area contributed by atoms with Crippen LogP contribution in [0.3, 0.4) is 0 Å². The van der Waals surface area contributed by atoms with Gasteiger partial charge in [-0.2, -0.15) is 0 Å². The number of amides is 2. The van der Waals surface area contributed by atoms with Crippen LogP contribution in [0.5, 0.6) is 11.5 Å². The van der Waals surface area contributed by atoms with E-state index in [9.17, 15) is 9.59 Å². The van der Waals surface area contributed by atoms with Crippen LogP contribution in [-0.4, -0.2) is 24.5 Å². The second kappa shape index (κ2) is 9.32. The van der Waals surface area contributed by atoms with Crippen molar-refractivity contribution in [3.63, 3.8) is 0 Å². The van der Waals surface area contributed by atoms with Crippen LogP contribution in [0.1, 0.15) is 30.6 Å². The lowest BCUT2D eigenvalue weighted by Crippen LogP contribution is -2.47. The van der Waals surface area contributed by atoms with E-state index in [4.69, 9.17) is 9.47 Å². The zero-order valence-corrected chi connectivity index (χ0v) is 14.3. The van der Waals surface area contributed by atoms with Crippen molar-refractivity contribution in [3.8, 4) is 11.5 Å². The quantitative estimate of drug-likeness (QED) is 0.759. The van der Waals surface area contributed by atoms with E-state index in [1.165, 1.54) is 0 Å². The predicted octanol–water partition coefficient (Wildman–Crippen LogP) is 2.70. The first-order valence-electron chi connectivity index (χ1n) is 8.15. The molecule has 2 rings (SSSR count). The number of hydrogen-bond donors (Lipinski definition) is 2. The minimum atomic E-state index is -0.755. The van der Waals surface area contributed by atoms with Crippen LogP contribution in [0.15, 0.2) is 54.6 Å². The molecule has 0 spiro atoms. The maximum atomic E-state index is 12.3. The fourth-order valence-electron chi connectivity index (χ4n) is 2.04. The molecule has 0 heterocycles. The van der Waals surface area contributed by atoms with Crippen LogP contribution in [-0.2, 0) is 4.79 Å². The summed E-state index contributed by atoms with van der Waals surface area (Å²) in [4.78, 5) is 24.3. The van der Waals surface area contributed by atoms with Gasteiger partial charge in [-0.3, -0.25) is 20.4 Å². The van der Waals surface area contributed by atoms with Crippen molar-refractivity contribution < 1.29 is 19.1 Å². The first-order valence-corrected chi connectivity index (χ1v) is 8.15. The van der Waals surface area contributed by atoms with Crippen LogP contribution in [0.2, 0.25) is 0 Å². The van der Waals surface area contributed by atoms with E-state index in [0.717, 1.165) is 6.42 Å². The molecule has 0 aliphatic heterocycles. The molecule has 0 saturated carbocycles. The first-order chi connectivity index (χ1) is 12.1. The van der Waals surface area contributed by atoms with Crippen molar-refractivity contribution in [2.24, 2.45) is 0 Å². The number of carbonyl (C=O) groups excluding carboxylic acids is 2. The molecule has 1 atom stereocenters. The summed E-state index contributed by atoms with van der Waals surface area (Å²) in [5.41, 5.74) is 5.10. The molecule has 0 saturated heterocycles. The molecule has 0 fully saturated rings. The van der Waals surface area contributed by atoms with E-state index in [0.29, 0.717) is 23.7 Å². The van der Waals surface area contributed by atoms with Gasteiger partial charge in [-0.05, 0) is 37.6 Å². The maximum Gasteiger partial charge on any atom is 0.279 e. The predicted molar refractivity (Wildman–Crippen MR) is 94.4 cm³/mol. The SMILES string of the molecule is CCCOc1ccccc1C(=O)NNC(=O)C(C)Oc1ccccc1. The van der Waals surface area contributed by atoms with E-state index >= 15 is 0 Å². The summed E-state index contributed by atoms with van der Waals surface area (Å²) in [6.45, 7) is 4.10. The van der Waals surface area contributed by atoms with Crippen molar-refractivity contribution in [1.29, 1.82) is 0 Å². The second-order valence-electron chi connectivity index (χ2n) is 5.36. The van der Waals surface area contributed by atoms with Crippen molar-refractivity contribution in [1.82, 2.24) is 10.9 Å². The summed E-state index contributed by atoms with van der Waals surface area (Å²) in [7, 11) is 0. The van der Waals surface area contributed by atoms with Crippen molar-refractivity contribution >= 4 is 11.8 Å². The number of rotatable bonds is 7. The molecule has 0 aromatic heterocycles. The molecule has 6 nitrogen and oxygen atoms in total. The Hall–Kier alpha value is -3.02. The first kappa shape index (κ1) is 18.3. The van der Waals surface area contributed by atoms with Gasteiger partial charge >= 0.3 is 0 Å². The molecule has 6 heteroatoms. The van der Waals surface area contributed by atoms with Gasteiger partial charge in [0.2, 0.25) is 0 Å². The van der Waals surface area contributed by atoms with Gasteiger partial charge in [0.15, 0.2) is 6.10 Å². The zero-order valence-electron chi connectivity index (χ0n) is 14.3. The van der Waals surface area contributed by atoms with Crippen molar-refractivity contribution in [2.45, 2.75) is 26.4 Å². The Kier molecular flexibility index (Phi) is 6.83. The molecule has 2 N–H and O–H groups in total. The fraction of sp³-hybridized carbons (Fsp3) is 0.263. The highest BCUT2D eigenvalue weighted by molar-refractivity contribution is 5.98. The van der Waals surface area contributed by atoms with Crippen molar-refractivity contribution in [3.05, 3.63) is 60.2 Å². The van der Waals surface area contributed by atoms with Crippen molar-refractivity contribution in [2.75, 3.05) is 6.61 Å². The molecule has 0 radical (unpaired) electrons. The highest BCUT2D eigenvalue weighted by Gasteiger charge is 2.17. The third-order valence-electron chi connectivity index (χ3n) is 3.32. The molecule has 132 valence electrons. The highest BCUT2D eigenvalue weighted by atomic mass is 16.5. The number of carbonyl (C=O) groups is 2. The van der Waals surface area contributed by atoms with E-state index in [1.807, 2.05) is 25.1 Å². The maximum absolute atomic E-state index is 12.3. The standard InChI is InChI=1S/C19H22N2O4/c1-3-13-24-17-12-8-7-11-16(17)19(23)21-20-18(22)14(2)25-15-9-5-4-6-10-15/h4-12,14H,3,13H2,1-2H3,(H,20,22)(H,21,23). The largest absolute Gasteiger partial charge is 0.493 e. The van der Waals surface area contributed by atoms with Gasteiger partial charge in [0.1, 0.15) is 11.5 Å². The molecule has 0 aliphatic carbocycles. The molecule has 0 bridgehead atoms. The van der Waals surface area contributed by atoms with Gasteiger partial charge in [-0.15, -0.1) is 0 Å². The summed E-state index contributed by atoms with van der Waals surface area (Å²) in [5, 5.41) is 0. The Morgan fingerprint density at radius 2 is 1.68 bits per heavy atom. The second-order valence-corrected chi connectivity index (χ2v) is 5.36. The van der Waals surface area contributed by atoms with Crippen LogP contribution in [0.4, 0.5) is 0 Å². The number of benzene rings is 2. The summed E-state index contributed by atoms with van der Waals surface area (Å²) < 4.78 is 11.0. The Morgan fingerprint density at radius 1 is 1.00 bits per heavy atom. The molecule has 2 aromatic rings.